The summed E-state index contributed by atoms with van der Waals surface area (Å²) in [6.45, 7) is 1.24. The molecule has 3 N–H and O–H groups in total. The van der Waals surface area contributed by atoms with Gasteiger partial charge in [-0.1, -0.05) is 16.9 Å². The van der Waals surface area contributed by atoms with Crippen LogP contribution in [0, 0.1) is 0 Å². The van der Waals surface area contributed by atoms with E-state index in [2.05, 4.69) is 21.7 Å². The number of hydrogen-bond donors (Lipinski definition) is 2. The molecule has 0 spiro atoms. The maximum absolute atomic E-state index is 11.7. The standard InChI is InChI=1S/C13H21N5O/c14-8-12-9-18(17-16-12)10-13(19)15-7-6-11-4-2-1-3-5-11/h4,9H,1-3,5-8,10,14H2,(H,15,19). The van der Waals surface area contributed by atoms with E-state index in [4.69, 9.17) is 5.73 Å². The molecule has 1 aromatic rings. The molecule has 104 valence electrons. The van der Waals surface area contributed by atoms with E-state index in [1.165, 1.54) is 35.9 Å². The third-order valence-corrected chi connectivity index (χ3v) is 3.25. The molecule has 1 aliphatic carbocycles. The van der Waals surface area contributed by atoms with E-state index in [9.17, 15) is 4.79 Å². The lowest BCUT2D eigenvalue weighted by molar-refractivity contribution is -0.121. The van der Waals surface area contributed by atoms with E-state index < -0.39 is 0 Å². The number of allylic oxidation sites excluding steroid dienone is 1. The van der Waals surface area contributed by atoms with E-state index in [0.29, 0.717) is 18.8 Å². The molecule has 0 fully saturated rings. The van der Waals surface area contributed by atoms with Gasteiger partial charge < -0.3 is 11.1 Å². The van der Waals surface area contributed by atoms with E-state index in [-0.39, 0.29) is 12.5 Å². The van der Waals surface area contributed by atoms with Crippen molar-refractivity contribution in [3.05, 3.63) is 23.5 Å². The minimum Gasteiger partial charge on any atom is -0.354 e. The molecular formula is C13H21N5O. The number of nitrogens with one attached hydrogen (secondary N) is 1. The SMILES string of the molecule is NCc1cn(CC(=O)NCCC2=CCCCC2)nn1. The fraction of sp³-hybridized carbons (Fsp3) is 0.615. The largest absolute Gasteiger partial charge is 0.354 e. The monoisotopic (exact) mass is 263 g/mol. The molecule has 2 rings (SSSR count). The number of rotatable bonds is 6. The lowest BCUT2D eigenvalue weighted by atomic mass is 9.97. The van der Waals surface area contributed by atoms with Gasteiger partial charge in [0.05, 0.1) is 11.9 Å². The number of carbonyl (C=O) groups is 1. The predicted octanol–water partition coefficient (Wildman–Crippen LogP) is 0.743. The topological polar surface area (TPSA) is 85.8 Å². The van der Waals surface area contributed by atoms with Crippen LogP contribution in [0.4, 0.5) is 0 Å². The van der Waals surface area contributed by atoms with Crippen LogP contribution in [0.15, 0.2) is 17.8 Å². The smallest absolute Gasteiger partial charge is 0.241 e. The quantitative estimate of drug-likeness (QED) is 0.741. The normalized spacial score (nSPS) is 15.1. The second-order valence-electron chi connectivity index (χ2n) is 4.82. The van der Waals surface area contributed by atoms with Gasteiger partial charge in [-0.25, -0.2) is 4.68 Å². The van der Waals surface area contributed by atoms with Gasteiger partial charge in [0.15, 0.2) is 0 Å². The second-order valence-corrected chi connectivity index (χ2v) is 4.82. The van der Waals surface area contributed by atoms with E-state index in [0.717, 1.165) is 6.42 Å². The molecule has 1 amide bonds. The van der Waals surface area contributed by atoms with E-state index >= 15 is 0 Å². The van der Waals surface area contributed by atoms with Crippen LogP contribution in [0.3, 0.4) is 0 Å². The van der Waals surface area contributed by atoms with Gasteiger partial charge in [0.1, 0.15) is 6.54 Å². The minimum absolute atomic E-state index is 0.0371. The summed E-state index contributed by atoms with van der Waals surface area (Å²) in [6, 6.07) is 0. The summed E-state index contributed by atoms with van der Waals surface area (Å²) in [5, 5.41) is 10.6. The molecule has 1 aliphatic rings. The van der Waals surface area contributed by atoms with Gasteiger partial charge in [0, 0.05) is 13.1 Å². The van der Waals surface area contributed by atoms with E-state index in [1.54, 1.807) is 6.20 Å². The van der Waals surface area contributed by atoms with Crippen LogP contribution < -0.4 is 11.1 Å². The summed E-state index contributed by atoms with van der Waals surface area (Å²) in [5.41, 5.74) is 7.60. The zero-order valence-corrected chi connectivity index (χ0v) is 11.1. The molecule has 0 unspecified atom stereocenters. The average molecular weight is 263 g/mol. The van der Waals surface area contributed by atoms with Crippen molar-refractivity contribution in [1.82, 2.24) is 20.3 Å². The highest BCUT2D eigenvalue weighted by molar-refractivity contribution is 5.75. The van der Waals surface area contributed by atoms with Crippen LogP contribution in [0.2, 0.25) is 0 Å². The number of nitrogens with two attached hydrogens (primary N) is 1. The Morgan fingerprint density at radius 3 is 3.05 bits per heavy atom. The van der Waals surface area contributed by atoms with Gasteiger partial charge in [-0.15, -0.1) is 5.10 Å². The van der Waals surface area contributed by atoms with Gasteiger partial charge in [-0.2, -0.15) is 0 Å². The minimum atomic E-state index is -0.0371. The molecule has 19 heavy (non-hydrogen) atoms. The first-order chi connectivity index (χ1) is 9.28. The zero-order valence-electron chi connectivity index (χ0n) is 11.1. The lowest BCUT2D eigenvalue weighted by Gasteiger charge is -2.12. The molecule has 0 saturated carbocycles. The first-order valence-corrected chi connectivity index (χ1v) is 6.81. The molecule has 0 saturated heterocycles. The van der Waals surface area contributed by atoms with Crippen molar-refractivity contribution in [1.29, 1.82) is 0 Å². The molecule has 0 aromatic carbocycles. The van der Waals surface area contributed by atoms with Gasteiger partial charge in [-0.3, -0.25) is 4.79 Å². The van der Waals surface area contributed by atoms with Crippen LogP contribution in [0.5, 0.6) is 0 Å². The summed E-state index contributed by atoms with van der Waals surface area (Å²) in [6.07, 6.45) is 9.90. The van der Waals surface area contributed by atoms with Crippen LogP contribution >= 0.6 is 0 Å². The van der Waals surface area contributed by atoms with Crippen molar-refractivity contribution in [2.45, 2.75) is 45.2 Å². The highest BCUT2D eigenvalue weighted by Crippen LogP contribution is 2.19. The van der Waals surface area contributed by atoms with Crippen molar-refractivity contribution in [2.75, 3.05) is 6.54 Å². The molecule has 6 heteroatoms. The van der Waals surface area contributed by atoms with E-state index in [1.807, 2.05) is 0 Å². The van der Waals surface area contributed by atoms with Crippen molar-refractivity contribution in [3.63, 3.8) is 0 Å². The third-order valence-electron chi connectivity index (χ3n) is 3.25. The number of amides is 1. The molecule has 0 radical (unpaired) electrons. The molecule has 0 bridgehead atoms. The lowest BCUT2D eigenvalue weighted by Crippen LogP contribution is -2.29. The molecular weight excluding hydrogens is 242 g/mol. The first-order valence-electron chi connectivity index (χ1n) is 6.81. The Morgan fingerprint density at radius 2 is 2.37 bits per heavy atom. The summed E-state index contributed by atoms with van der Waals surface area (Å²) in [5.74, 6) is -0.0371. The van der Waals surface area contributed by atoms with Crippen molar-refractivity contribution < 1.29 is 4.79 Å². The first kappa shape index (κ1) is 13.7. The number of aromatic nitrogens is 3. The summed E-state index contributed by atoms with van der Waals surface area (Å²) in [4.78, 5) is 11.7. The number of hydrogen-bond acceptors (Lipinski definition) is 4. The van der Waals surface area contributed by atoms with Crippen LogP contribution in [-0.2, 0) is 17.9 Å². The molecule has 1 heterocycles. The Hall–Kier alpha value is -1.69. The zero-order chi connectivity index (χ0) is 13.5. The summed E-state index contributed by atoms with van der Waals surface area (Å²) < 4.78 is 1.51. The number of nitrogens with zero attached hydrogens (tertiary/aromatic N) is 3. The Bertz CT molecular complexity index is 452. The fourth-order valence-electron chi connectivity index (χ4n) is 2.21. The average Bonchev–Trinajstić information content (AvgIpc) is 2.87. The van der Waals surface area contributed by atoms with Crippen LogP contribution in [0.25, 0.3) is 0 Å². The molecule has 0 aliphatic heterocycles. The second kappa shape index (κ2) is 7.04. The van der Waals surface area contributed by atoms with Gasteiger partial charge in [-0.05, 0) is 32.1 Å². The summed E-state index contributed by atoms with van der Waals surface area (Å²) in [7, 11) is 0. The predicted molar refractivity (Wildman–Crippen MR) is 72.1 cm³/mol. The van der Waals surface area contributed by atoms with Crippen LogP contribution in [-0.4, -0.2) is 27.4 Å². The number of carbonyl (C=O) groups excluding carboxylic acids is 1. The highest BCUT2D eigenvalue weighted by Gasteiger charge is 2.07. The van der Waals surface area contributed by atoms with Gasteiger partial charge >= 0.3 is 0 Å². The van der Waals surface area contributed by atoms with Gasteiger partial charge in [0.2, 0.25) is 5.91 Å². The Kier molecular flexibility index (Phi) is 5.09. The fourth-order valence-corrected chi connectivity index (χ4v) is 2.21. The van der Waals surface area contributed by atoms with Crippen LogP contribution in [0.1, 0.15) is 37.8 Å². The molecule has 6 nitrogen and oxygen atoms in total. The van der Waals surface area contributed by atoms with Crippen molar-refractivity contribution in [3.8, 4) is 0 Å². The molecule has 1 aromatic heterocycles. The maximum Gasteiger partial charge on any atom is 0.241 e. The summed E-state index contributed by atoms with van der Waals surface area (Å²) >= 11 is 0. The Balaban J connectivity index is 1.68. The third kappa shape index (κ3) is 4.48. The van der Waals surface area contributed by atoms with Crippen molar-refractivity contribution >= 4 is 5.91 Å². The molecule has 0 atom stereocenters. The highest BCUT2D eigenvalue weighted by atomic mass is 16.2. The Labute approximate surface area is 113 Å². The van der Waals surface area contributed by atoms with Gasteiger partial charge in [0.25, 0.3) is 0 Å². The van der Waals surface area contributed by atoms with Crippen molar-refractivity contribution in [2.24, 2.45) is 5.73 Å². The Morgan fingerprint density at radius 1 is 1.47 bits per heavy atom. The maximum atomic E-state index is 11.7.